The van der Waals surface area contributed by atoms with Crippen LogP contribution in [0.1, 0.15) is 17.8 Å². The van der Waals surface area contributed by atoms with Crippen LogP contribution in [0.2, 0.25) is 0 Å². The Bertz CT molecular complexity index is 563. The SMILES string of the molecule is CC(N)c1cc(-c2cccc(OC(F)(F)F)c2)cs1. The molecule has 2 nitrogen and oxygen atoms in total. The molecule has 0 bridgehead atoms. The van der Waals surface area contributed by atoms with Crippen molar-refractivity contribution in [2.24, 2.45) is 5.73 Å². The van der Waals surface area contributed by atoms with Crippen LogP contribution < -0.4 is 10.5 Å². The van der Waals surface area contributed by atoms with Crippen molar-refractivity contribution in [2.45, 2.75) is 19.3 Å². The summed E-state index contributed by atoms with van der Waals surface area (Å²) >= 11 is 1.48. The maximum Gasteiger partial charge on any atom is 0.573 e. The van der Waals surface area contributed by atoms with Gasteiger partial charge in [-0.1, -0.05) is 12.1 Å². The highest BCUT2D eigenvalue weighted by Crippen LogP contribution is 2.31. The van der Waals surface area contributed by atoms with E-state index in [1.54, 1.807) is 6.07 Å². The fourth-order valence-electron chi connectivity index (χ4n) is 1.62. The minimum atomic E-state index is -4.68. The van der Waals surface area contributed by atoms with Crippen LogP contribution >= 0.6 is 11.3 Å². The second-order valence-electron chi connectivity index (χ2n) is 4.10. The van der Waals surface area contributed by atoms with Crippen molar-refractivity contribution in [1.82, 2.24) is 0 Å². The zero-order chi connectivity index (χ0) is 14.0. The molecule has 1 heterocycles. The van der Waals surface area contributed by atoms with E-state index < -0.39 is 6.36 Å². The molecule has 0 amide bonds. The first-order chi connectivity index (χ1) is 8.85. The van der Waals surface area contributed by atoms with Crippen molar-refractivity contribution < 1.29 is 17.9 Å². The zero-order valence-electron chi connectivity index (χ0n) is 10.1. The molecular weight excluding hydrogens is 275 g/mol. The number of thiophene rings is 1. The fraction of sp³-hybridized carbons (Fsp3) is 0.231. The number of ether oxygens (including phenoxy) is 1. The molecule has 102 valence electrons. The molecule has 0 fully saturated rings. The monoisotopic (exact) mass is 287 g/mol. The minimum Gasteiger partial charge on any atom is -0.406 e. The van der Waals surface area contributed by atoms with E-state index in [-0.39, 0.29) is 11.8 Å². The van der Waals surface area contributed by atoms with Gasteiger partial charge in [-0.3, -0.25) is 0 Å². The van der Waals surface area contributed by atoms with Crippen molar-refractivity contribution in [1.29, 1.82) is 0 Å². The average molecular weight is 287 g/mol. The van der Waals surface area contributed by atoms with Gasteiger partial charge in [0.2, 0.25) is 0 Å². The lowest BCUT2D eigenvalue weighted by molar-refractivity contribution is -0.274. The summed E-state index contributed by atoms with van der Waals surface area (Å²) in [6.45, 7) is 1.86. The lowest BCUT2D eigenvalue weighted by Gasteiger charge is -2.09. The van der Waals surface area contributed by atoms with Crippen LogP contribution in [0.5, 0.6) is 5.75 Å². The topological polar surface area (TPSA) is 35.2 Å². The highest BCUT2D eigenvalue weighted by atomic mass is 32.1. The van der Waals surface area contributed by atoms with Gasteiger partial charge in [-0.05, 0) is 41.6 Å². The quantitative estimate of drug-likeness (QED) is 0.911. The van der Waals surface area contributed by atoms with Gasteiger partial charge in [-0.25, -0.2) is 0 Å². The van der Waals surface area contributed by atoms with Crippen molar-refractivity contribution in [3.8, 4) is 16.9 Å². The minimum absolute atomic E-state index is 0.0895. The van der Waals surface area contributed by atoms with E-state index in [1.165, 1.54) is 29.5 Å². The van der Waals surface area contributed by atoms with Gasteiger partial charge in [0.25, 0.3) is 0 Å². The molecule has 1 atom stereocenters. The third-order valence-corrected chi connectivity index (χ3v) is 3.60. The summed E-state index contributed by atoms with van der Waals surface area (Å²) in [5, 5.41) is 1.87. The Labute approximate surface area is 112 Å². The number of hydrogen-bond donors (Lipinski definition) is 1. The van der Waals surface area contributed by atoms with Gasteiger partial charge in [0.05, 0.1) is 0 Å². The van der Waals surface area contributed by atoms with E-state index in [4.69, 9.17) is 5.73 Å². The van der Waals surface area contributed by atoms with Crippen molar-refractivity contribution in [2.75, 3.05) is 0 Å². The first-order valence-corrected chi connectivity index (χ1v) is 6.43. The molecule has 1 unspecified atom stereocenters. The second-order valence-corrected chi connectivity index (χ2v) is 5.04. The normalized spacial score (nSPS) is 13.3. The number of rotatable bonds is 3. The molecule has 2 rings (SSSR count). The number of hydrogen-bond acceptors (Lipinski definition) is 3. The molecule has 0 spiro atoms. The summed E-state index contributed by atoms with van der Waals surface area (Å²) in [7, 11) is 0. The van der Waals surface area contributed by atoms with Crippen molar-refractivity contribution in [3.63, 3.8) is 0 Å². The molecular formula is C13H12F3NOS. The Balaban J connectivity index is 2.27. The maximum absolute atomic E-state index is 12.1. The Kier molecular flexibility index (Phi) is 3.82. The van der Waals surface area contributed by atoms with Crippen LogP contribution in [-0.4, -0.2) is 6.36 Å². The molecule has 6 heteroatoms. The highest BCUT2D eigenvalue weighted by Gasteiger charge is 2.31. The van der Waals surface area contributed by atoms with Gasteiger partial charge in [0, 0.05) is 10.9 Å². The molecule has 0 saturated carbocycles. The van der Waals surface area contributed by atoms with E-state index in [0.717, 1.165) is 10.4 Å². The molecule has 19 heavy (non-hydrogen) atoms. The molecule has 0 aliphatic heterocycles. The summed E-state index contributed by atoms with van der Waals surface area (Å²) < 4.78 is 40.3. The summed E-state index contributed by atoms with van der Waals surface area (Å²) in [6.07, 6.45) is -4.68. The summed E-state index contributed by atoms with van der Waals surface area (Å²) in [5.74, 6) is -0.224. The van der Waals surface area contributed by atoms with Crippen molar-refractivity contribution >= 4 is 11.3 Å². The van der Waals surface area contributed by atoms with Crippen LogP contribution in [0.4, 0.5) is 13.2 Å². The van der Waals surface area contributed by atoms with Crippen LogP contribution in [0.25, 0.3) is 11.1 Å². The molecule has 2 aromatic rings. The summed E-state index contributed by atoms with van der Waals surface area (Å²) in [4.78, 5) is 0.983. The lowest BCUT2D eigenvalue weighted by Crippen LogP contribution is -2.17. The predicted molar refractivity (Wildman–Crippen MR) is 69.0 cm³/mol. The van der Waals surface area contributed by atoms with E-state index in [9.17, 15) is 13.2 Å². The number of nitrogens with two attached hydrogens (primary N) is 1. The Hall–Kier alpha value is -1.53. The Morgan fingerprint density at radius 2 is 1.95 bits per heavy atom. The standard InChI is InChI=1S/C13H12F3NOS/c1-8(17)12-6-10(7-19-12)9-3-2-4-11(5-9)18-13(14,15)16/h2-8H,17H2,1H3. The number of benzene rings is 1. The van der Waals surface area contributed by atoms with E-state index in [2.05, 4.69) is 4.74 Å². The fourth-order valence-corrected chi connectivity index (χ4v) is 2.49. The Morgan fingerprint density at radius 1 is 1.21 bits per heavy atom. The van der Waals surface area contributed by atoms with Gasteiger partial charge in [-0.15, -0.1) is 24.5 Å². The second kappa shape index (κ2) is 5.22. The van der Waals surface area contributed by atoms with Crippen LogP contribution in [0.15, 0.2) is 35.7 Å². The average Bonchev–Trinajstić information content (AvgIpc) is 2.76. The van der Waals surface area contributed by atoms with Gasteiger partial charge in [-0.2, -0.15) is 0 Å². The van der Waals surface area contributed by atoms with Gasteiger partial charge < -0.3 is 10.5 Å². The molecule has 0 aliphatic carbocycles. The first-order valence-electron chi connectivity index (χ1n) is 5.55. The Morgan fingerprint density at radius 3 is 2.53 bits per heavy atom. The molecule has 0 aliphatic rings. The number of halogens is 3. The van der Waals surface area contributed by atoms with Crippen LogP contribution in [0, 0.1) is 0 Å². The first kappa shape index (κ1) is 13.9. The van der Waals surface area contributed by atoms with Crippen LogP contribution in [0.3, 0.4) is 0 Å². The lowest BCUT2D eigenvalue weighted by atomic mass is 10.1. The van der Waals surface area contributed by atoms with Gasteiger partial charge >= 0.3 is 6.36 Å². The maximum atomic E-state index is 12.1. The third-order valence-electron chi connectivity index (χ3n) is 2.47. The molecule has 1 aromatic carbocycles. The predicted octanol–water partition coefficient (Wildman–Crippen LogP) is 4.33. The molecule has 0 saturated heterocycles. The largest absolute Gasteiger partial charge is 0.573 e. The molecule has 2 N–H and O–H groups in total. The van der Waals surface area contributed by atoms with E-state index >= 15 is 0 Å². The third kappa shape index (κ3) is 3.71. The van der Waals surface area contributed by atoms with Crippen LogP contribution in [-0.2, 0) is 0 Å². The highest BCUT2D eigenvalue weighted by molar-refractivity contribution is 7.10. The smallest absolute Gasteiger partial charge is 0.406 e. The number of alkyl halides is 3. The van der Waals surface area contributed by atoms with Gasteiger partial charge in [0.1, 0.15) is 5.75 Å². The van der Waals surface area contributed by atoms with Gasteiger partial charge in [0.15, 0.2) is 0 Å². The zero-order valence-corrected chi connectivity index (χ0v) is 10.9. The van der Waals surface area contributed by atoms with E-state index in [1.807, 2.05) is 18.4 Å². The molecule has 0 radical (unpaired) electrons. The van der Waals surface area contributed by atoms with E-state index in [0.29, 0.717) is 5.56 Å². The summed E-state index contributed by atoms with van der Waals surface area (Å²) in [5.41, 5.74) is 7.26. The van der Waals surface area contributed by atoms with Crippen molar-refractivity contribution in [3.05, 3.63) is 40.6 Å². The molecule has 1 aromatic heterocycles. The summed E-state index contributed by atoms with van der Waals surface area (Å²) in [6, 6.07) is 7.68.